The molecule has 0 amide bonds. The Morgan fingerprint density at radius 1 is 1.24 bits per heavy atom. The van der Waals surface area contributed by atoms with Crippen LogP contribution in [-0.4, -0.2) is 36.0 Å². The summed E-state index contributed by atoms with van der Waals surface area (Å²) in [6.07, 6.45) is 2.29. The molecule has 0 atom stereocenters. The highest BCUT2D eigenvalue weighted by molar-refractivity contribution is 5.93. The standard InChI is InChI=1S/C20H22N2O3/c1-22-9-7-15(8-10-22)18-3-2-4-19(21-18)24-12-14-5-6-17-16(11-14)13-25-20(17)23/h2-6,11,15H,7-10,12-13H2,1H3. The first-order chi connectivity index (χ1) is 12.2. The first kappa shape index (κ1) is 16.1. The van der Waals surface area contributed by atoms with Gasteiger partial charge in [-0.05, 0) is 56.7 Å². The van der Waals surface area contributed by atoms with E-state index in [1.54, 1.807) is 0 Å². The Balaban J connectivity index is 1.42. The molecule has 5 heteroatoms. The van der Waals surface area contributed by atoms with E-state index in [1.165, 1.54) is 0 Å². The molecule has 0 unspecified atom stereocenters. The largest absolute Gasteiger partial charge is 0.473 e. The third-order valence-electron chi connectivity index (χ3n) is 5.02. The molecule has 1 saturated heterocycles. The number of hydrogen-bond acceptors (Lipinski definition) is 5. The van der Waals surface area contributed by atoms with E-state index in [9.17, 15) is 4.79 Å². The second-order valence-electron chi connectivity index (χ2n) is 6.83. The van der Waals surface area contributed by atoms with Crippen LogP contribution in [-0.2, 0) is 18.0 Å². The number of carbonyl (C=O) groups excluding carboxylic acids is 1. The predicted octanol–water partition coefficient (Wildman–Crippen LogP) is 3.14. The van der Waals surface area contributed by atoms with Gasteiger partial charge in [-0.15, -0.1) is 0 Å². The van der Waals surface area contributed by atoms with Crippen molar-refractivity contribution in [3.05, 3.63) is 58.8 Å². The summed E-state index contributed by atoms with van der Waals surface area (Å²) in [4.78, 5) is 18.6. The lowest BCUT2D eigenvalue weighted by atomic mass is 9.93. The lowest BCUT2D eigenvalue weighted by Crippen LogP contribution is -2.29. The van der Waals surface area contributed by atoms with Crippen molar-refractivity contribution in [1.29, 1.82) is 0 Å². The number of hydrogen-bond donors (Lipinski definition) is 0. The Bertz CT molecular complexity index is 782. The number of carbonyl (C=O) groups is 1. The van der Waals surface area contributed by atoms with Crippen molar-refractivity contribution in [3.63, 3.8) is 0 Å². The molecule has 1 aromatic carbocycles. The maximum atomic E-state index is 11.5. The molecule has 0 spiro atoms. The zero-order valence-corrected chi connectivity index (χ0v) is 14.4. The first-order valence-electron chi connectivity index (χ1n) is 8.76. The van der Waals surface area contributed by atoms with Gasteiger partial charge in [0.2, 0.25) is 5.88 Å². The normalized spacial score (nSPS) is 18.0. The molecular weight excluding hydrogens is 316 g/mol. The number of esters is 1. The maximum Gasteiger partial charge on any atom is 0.338 e. The van der Waals surface area contributed by atoms with Crippen LogP contribution in [0.4, 0.5) is 0 Å². The molecule has 25 heavy (non-hydrogen) atoms. The fourth-order valence-corrected chi connectivity index (χ4v) is 3.48. The second-order valence-corrected chi connectivity index (χ2v) is 6.83. The summed E-state index contributed by atoms with van der Waals surface area (Å²) in [7, 11) is 2.17. The van der Waals surface area contributed by atoms with Gasteiger partial charge in [-0.1, -0.05) is 12.1 Å². The van der Waals surface area contributed by atoms with Crippen molar-refractivity contribution in [1.82, 2.24) is 9.88 Å². The lowest BCUT2D eigenvalue weighted by molar-refractivity contribution is 0.0535. The summed E-state index contributed by atoms with van der Waals surface area (Å²) < 4.78 is 10.9. The number of fused-ring (bicyclic) bond motifs is 1. The van der Waals surface area contributed by atoms with E-state index in [4.69, 9.17) is 14.5 Å². The topological polar surface area (TPSA) is 51.7 Å². The molecule has 0 radical (unpaired) electrons. The first-order valence-corrected chi connectivity index (χ1v) is 8.76. The van der Waals surface area contributed by atoms with Crippen molar-refractivity contribution in [2.24, 2.45) is 0 Å². The molecule has 0 saturated carbocycles. The zero-order valence-electron chi connectivity index (χ0n) is 14.4. The highest BCUT2D eigenvalue weighted by Crippen LogP contribution is 2.27. The van der Waals surface area contributed by atoms with Gasteiger partial charge in [0.05, 0.1) is 5.56 Å². The monoisotopic (exact) mass is 338 g/mol. The molecule has 2 aromatic rings. The molecule has 4 rings (SSSR count). The van der Waals surface area contributed by atoms with Crippen LogP contribution in [0.5, 0.6) is 5.88 Å². The number of pyridine rings is 1. The third-order valence-corrected chi connectivity index (χ3v) is 5.02. The number of likely N-dealkylation sites (tertiary alicyclic amines) is 1. The van der Waals surface area contributed by atoms with Gasteiger partial charge in [0.25, 0.3) is 0 Å². The quantitative estimate of drug-likeness (QED) is 0.802. The van der Waals surface area contributed by atoms with Crippen LogP contribution < -0.4 is 4.74 Å². The summed E-state index contributed by atoms with van der Waals surface area (Å²) in [6.45, 7) is 3.03. The Labute approximate surface area is 147 Å². The predicted molar refractivity (Wildman–Crippen MR) is 93.6 cm³/mol. The number of nitrogens with zero attached hydrogens (tertiary/aromatic N) is 2. The summed E-state index contributed by atoms with van der Waals surface area (Å²) in [6, 6.07) is 11.7. The van der Waals surface area contributed by atoms with Gasteiger partial charge in [-0.25, -0.2) is 9.78 Å². The van der Waals surface area contributed by atoms with Gasteiger partial charge >= 0.3 is 5.97 Å². The average molecular weight is 338 g/mol. The Morgan fingerprint density at radius 3 is 2.92 bits per heavy atom. The van der Waals surface area contributed by atoms with Crippen LogP contribution in [0, 0.1) is 0 Å². The number of rotatable bonds is 4. The second kappa shape index (κ2) is 6.84. The van der Waals surface area contributed by atoms with Crippen molar-refractivity contribution < 1.29 is 14.3 Å². The minimum absolute atomic E-state index is 0.241. The molecule has 1 aromatic heterocycles. The molecule has 1 fully saturated rings. The Morgan fingerprint density at radius 2 is 2.08 bits per heavy atom. The minimum atomic E-state index is -0.241. The van der Waals surface area contributed by atoms with E-state index in [1.807, 2.05) is 30.3 Å². The van der Waals surface area contributed by atoms with Gasteiger partial charge in [-0.3, -0.25) is 0 Å². The molecule has 2 aliphatic rings. The summed E-state index contributed by atoms with van der Waals surface area (Å²) in [5.74, 6) is 0.933. The van der Waals surface area contributed by atoms with Crippen molar-refractivity contribution in [3.8, 4) is 5.88 Å². The van der Waals surface area contributed by atoms with E-state index in [2.05, 4.69) is 18.0 Å². The molecule has 3 heterocycles. The molecular formula is C20H22N2O3. The van der Waals surface area contributed by atoms with Gasteiger partial charge < -0.3 is 14.4 Å². The smallest absolute Gasteiger partial charge is 0.338 e. The number of cyclic esters (lactones) is 1. The average Bonchev–Trinajstić information content (AvgIpc) is 3.01. The minimum Gasteiger partial charge on any atom is -0.473 e. The molecule has 130 valence electrons. The molecule has 0 aliphatic carbocycles. The number of ether oxygens (including phenoxy) is 2. The van der Waals surface area contributed by atoms with E-state index in [-0.39, 0.29) is 5.97 Å². The highest BCUT2D eigenvalue weighted by Gasteiger charge is 2.21. The SMILES string of the molecule is CN1CCC(c2cccc(OCc3ccc4c(c3)COC4=O)n2)CC1. The van der Waals surface area contributed by atoms with Crippen LogP contribution in [0.25, 0.3) is 0 Å². The van der Waals surface area contributed by atoms with Crippen LogP contribution in [0.1, 0.15) is 45.9 Å². The summed E-state index contributed by atoms with van der Waals surface area (Å²) in [5, 5.41) is 0. The van der Waals surface area contributed by atoms with E-state index >= 15 is 0 Å². The van der Waals surface area contributed by atoms with Gasteiger partial charge in [-0.2, -0.15) is 0 Å². The van der Waals surface area contributed by atoms with Crippen molar-refractivity contribution in [2.75, 3.05) is 20.1 Å². The maximum absolute atomic E-state index is 11.5. The van der Waals surface area contributed by atoms with Gasteiger partial charge in [0, 0.05) is 23.2 Å². The number of aromatic nitrogens is 1. The summed E-state index contributed by atoms with van der Waals surface area (Å²) in [5.41, 5.74) is 3.73. The molecule has 5 nitrogen and oxygen atoms in total. The molecule has 2 aliphatic heterocycles. The van der Waals surface area contributed by atoms with E-state index in [0.29, 0.717) is 30.6 Å². The third kappa shape index (κ3) is 3.51. The van der Waals surface area contributed by atoms with Gasteiger partial charge in [0.15, 0.2) is 0 Å². The number of benzene rings is 1. The van der Waals surface area contributed by atoms with E-state index < -0.39 is 0 Å². The fourth-order valence-electron chi connectivity index (χ4n) is 3.48. The highest BCUT2D eigenvalue weighted by atomic mass is 16.5. The number of piperidine rings is 1. The fraction of sp³-hybridized carbons (Fsp3) is 0.400. The molecule has 0 N–H and O–H groups in total. The lowest BCUT2D eigenvalue weighted by Gasteiger charge is -2.28. The zero-order chi connectivity index (χ0) is 17.2. The van der Waals surface area contributed by atoms with Crippen LogP contribution in [0.15, 0.2) is 36.4 Å². The molecule has 0 bridgehead atoms. The summed E-state index contributed by atoms with van der Waals surface area (Å²) >= 11 is 0. The van der Waals surface area contributed by atoms with Crippen molar-refractivity contribution >= 4 is 5.97 Å². The van der Waals surface area contributed by atoms with Crippen LogP contribution in [0.3, 0.4) is 0 Å². The van der Waals surface area contributed by atoms with Gasteiger partial charge in [0.1, 0.15) is 13.2 Å². The van der Waals surface area contributed by atoms with Crippen LogP contribution >= 0.6 is 0 Å². The van der Waals surface area contributed by atoms with E-state index in [0.717, 1.165) is 42.8 Å². The Kier molecular flexibility index (Phi) is 4.40. The van der Waals surface area contributed by atoms with Crippen molar-refractivity contribution in [2.45, 2.75) is 32.0 Å². The Hall–Kier alpha value is -2.40. The van der Waals surface area contributed by atoms with Crippen LogP contribution in [0.2, 0.25) is 0 Å².